The Labute approximate surface area is 142 Å². The highest BCUT2D eigenvalue weighted by Crippen LogP contribution is 2.31. The fourth-order valence-corrected chi connectivity index (χ4v) is 3.36. The van der Waals surface area contributed by atoms with E-state index in [1.807, 2.05) is 20.8 Å². The normalized spacial score (nSPS) is 23.0. The molecular formula is C18H35BO4. The summed E-state index contributed by atoms with van der Waals surface area (Å²) in [5.74, 6) is 0.610. The van der Waals surface area contributed by atoms with Crippen molar-refractivity contribution in [2.45, 2.75) is 98.3 Å². The number of ether oxygens (including phenoxy) is 1. The molecule has 4 nitrogen and oxygen atoms in total. The van der Waals surface area contributed by atoms with E-state index in [-0.39, 0.29) is 30.7 Å². The van der Waals surface area contributed by atoms with E-state index in [1.165, 1.54) is 0 Å². The minimum atomic E-state index is -0.437. The molecule has 0 amide bonds. The SMILES string of the molecule is CC(C)C[C@@H](CB1OC(C)CC(C)(C)O1)CC(=O)OC(C)(C)C. The van der Waals surface area contributed by atoms with E-state index >= 15 is 0 Å². The largest absolute Gasteiger partial charge is 0.460 e. The Morgan fingerprint density at radius 1 is 1.35 bits per heavy atom. The first-order valence-electron chi connectivity index (χ1n) is 8.91. The summed E-state index contributed by atoms with van der Waals surface area (Å²) in [6.07, 6.45) is 3.21. The number of carbonyl (C=O) groups is 1. The van der Waals surface area contributed by atoms with Gasteiger partial charge in [-0.05, 0) is 72.5 Å². The zero-order valence-electron chi connectivity index (χ0n) is 16.3. The second-order valence-electron chi connectivity index (χ2n) is 8.98. The first-order valence-corrected chi connectivity index (χ1v) is 8.91. The molecule has 0 aliphatic carbocycles. The molecule has 5 heteroatoms. The molecular weight excluding hydrogens is 291 g/mol. The van der Waals surface area contributed by atoms with E-state index in [0.29, 0.717) is 12.3 Å². The predicted molar refractivity (Wildman–Crippen MR) is 94.3 cm³/mol. The first kappa shape index (κ1) is 20.5. The van der Waals surface area contributed by atoms with Crippen LogP contribution in [0.5, 0.6) is 0 Å². The van der Waals surface area contributed by atoms with Crippen molar-refractivity contribution >= 4 is 13.1 Å². The van der Waals surface area contributed by atoms with Crippen LogP contribution in [0.15, 0.2) is 0 Å². The Bertz CT molecular complexity index is 387. The van der Waals surface area contributed by atoms with E-state index in [0.717, 1.165) is 19.2 Å². The number of carbonyl (C=O) groups excluding carboxylic acids is 1. The summed E-state index contributed by atoms with van der Waals surface area (Å²) in [4.78, 5) is 12.2. The van der Waals surface area contributed by atoms with Crippen LogP contribution in [0, 0.1) is 11.8 Å². The molecule has 1 unspecified atom stereocenters. The maximum Gasteiger partial charge on any atom is 0.457 e. The van der Waals surface area contributed by atoms with Crippen molar-refractivity contribution in [2.75, 3.05) is 0 Å². The van der Waals surface area contributed by atoms with Crippen LogP contribution in [-0.4, -0.2) is 30.4 Å². The van der Waals surface area contributed by atoms with E-state index in [2.05, 4.69) is 34.6 Å². The van der Waals surface area contributed by atoms with Crippen molar-refractivity contribution in [3.8, 4) is 0 Å². The van der Waals surface area contributed by atoms with Crippen LogP contribution < -0.4 is 0 Å². The van der Waals surface area contributed by atoms with E-state index in [9.17, 15) is 4.79 Å². The third-order valence-corrected chi connectivity index (χ3v) is 3.82. The Morgan fingerprint density at radius 3 is 2.43 bits per heavy atom. The molecule has 0 aromatic rings. The lowest BCUT2D eigenvalue weighted by Crippen LogP contribution is -2.46. The number of hydrogen-bond donors (Lipinski definition) is 0. The Kier molecular flexibility index (Phi) is 7.15. The molecule has 0 bridgehead atoms. The average Bonchev–Trinajstić information content (AvgIpc) is 2.20. The van der Waals surface area contributed by atoms with Crippen LogP contribution in [0.2, 0.25) is 6.32 Å². The molecule has 0 N–H and O–H groups in total. The van der Waals surface area contributed by atoms with Crippen LogP contribution in [-0.2, 0) is 18.8 Å². The van der Waals surface area contributed by atoms with Crippen LogP contribution >= 0.6 is 0 Å². The number of rotatable bonds is 6. The summed E-state index contributed by atoms with van der Waals surface area (Å²) >= 11 is 0. The van der Waals surface area contributed by atoms with Crippen molar-refractivity contribution in [1.82, 2.24) is 0 Å². The van der Waals surface area contributed by atoms with Crippen molar-refractivity contribution < 1.29 is 18.8 Å². The first-order chi connectivity index (χ1) is 10.4. The van der Waals surface area contributed by atoms with Gasteiger partial charge in [-0.3, -0.25) is 4.79 Å². The Hall–Kier alpha value is -0.545. The maximum absolute atomic E-state index is 12.2. The summed E-state index contributed by atoms with van der Waals surface area (Å²) in [7, 11) is -0.236. The smallest absolute Gasteiger partial charge is 0.457 e. The van der Waals surface area contributed by atoms with Gasteiger partial charge in [0.1, 0.15) is 5.60 Å². The van der Waals surface area contributed by atoms with Crippen molar-refractivity contribution in [2.24, 2.45) is 11.8 Å². The molecule has 2 atom stereocenters. The van der Waals surface area contributed by atoms with Crippen molar-refractivity contribution in [3.05, 3.63) is 0 Å². The number of esters is 1. The molecule has 1 saturated heterocycles. The van der Waals surface area contributed by atoms with Crippen LogP contribution in [0.3, 0.4) is 0 Å². The molecule has 0 radical (unpaired) electrons. The second kappa shape index (κ2) is 8.02. The lowest BCUT2D eigenvalue weighted by Gasteiger charge is -2.39. The van der Waals surface area contributed by atoms with E-state index in [4.69, 9.17) is 14.0 Å². The van der Waals surface area contributed by atoms with Crippen LogP contribution in [0.25, 0.3) is 0 Å². The fraction of sp³-hybridized carbons (Fsp3) is 0.944. The third-order valence-electron chi connectivity index (χ3n) is 3.82. The minimum Gasteiger partial charge on any atom is -0.460 e. The third kappa shape index (κ3) is 8.76. The van der Waals surface area contributed by atoms with Gasteiger partial charge in [0.15, 0.2) is 0 Å². The molecule has 134 valence electrons. The van der Waals surface area contributed by atoms with Gasteiger partial charge in [0, 0.05) is 12.5 Å². The molecule has 1 aliphatic rings. The summed E-state index contributed by atoms with van der Waals surface area (Å²) < 4.78 is 17.5. The molecule has 23 heavy (non-hydrogen) atoms. The van der Waals surface area contributed by atoms with Gasteiger partial charge in [-0.15, -0.1) is 0 Å². The zero-order chi connectivity index (χ0) is 17.8. The summed E-state index contributed by atoms with van der Waals surface area (Å²) in [6.45, 7) is 16.4. The molecule has 0 spiro atoms. The topological polar surface area (TPSA) is 44.8 Å². The number of hydrogen-bond acceptors (Lipinski definition) is 4. The highest BCUT2D eigenvalue weighted by molar-refractivity contribution is 6.44. The van der Waals surface area contributed by atoms with Gasteiger partial charge in [-0.1, -0.05) is 13.8 Å². The lowest BCUT2D eigenvalue weighted by molar-refractivity contribution is -0.155. The highest BCUT2D eigenvalue weighted by Gasteiger charge is 2.38. The van der Waals surface area contributed by atoms with E-state index < -0.39 is 5.60 Å². The highest BCUT2D eigenvalue weighted by atomic mass is 16.6. The predicted octanol–water partition coefficient (Wildman–Crippen LogP) is 4.47. The summed E-state index contributed by atoms with van der Waals surface area (Å²) in [5.41, 5.74) is -0.607. The standard InChI is InChI=1S/C18H35BO4/c1-13(2)9-15(10-16(20)21-17(4,5)6)12-19-22-14(3)11-18(7,8)23-19/h13-15H,9-12H2,1-8H3/t14?,15-/m1/s1. The average molecular weight is 326 g/mol. The minimum absolute atomic E-state index is 0.133. The van der Waals surface area contributed by atoms with Crippen molar-refractivity contribution in [3.63, 3.8) is 0 Å². The van der Waals surface area contributed by atoms with Gasteiger partial charge in [0.25, 0.3) is 0 Å². The monoisotopic (exact) mass is 326 g/mol. The molecule has 0 aromatic heterocycles. The Balaban J connectivity index is 2.65. The van der Waals surface area contributed by atoms with Gasteiger partial charge in [-0.2, -0.15) is 0 Å². The fourth-order valence-electron chi connectivity index (χ4n) is 3.36. The maximum atomic E-state index is 12.2. The second-order valence-corrected chi connectivity index (χ2v) is 8.98. The van der Waals surface area contributed by atoms with Crippen LogP contribution in [0.4, 0.5) is 0 Å². The molecule has 0 aromatic carbocycles. The van der Waals surface area contributed by atoms with Gasteiger partial charge in [-0.25, -0.2) is 0 Å². The molecule has 1 fully saturated rings. The summed E-state index contributed by atoms with van der Waals surface area (Å²) in [5, 5.41) is 0. The summed E-state index contributed by atoms with van der Waals surface area (Å²) in [6, 6.07) is 0. The molecule has 0 saturated carbocycles. The zero-order valence-corrected chi connectivity index (χ0v) is 16.3. The molecule has 1 heterocycles. The molecule has 1 rings (SSSR count). The molecule has 1 aliphatic heterocycles. The van der Waals surface area contributed by atoms with Gasteiger partial charge in [0.05, 0.1) is 5.60 Å². The van der Waals surface area contributed by atoms with Gasteiger partial charge < -0.3 is 14.0 Å². The van der Waals surface area contributed by atoms with Gasteiger partial charge >= 0.3 is 13.1 Å². The van der Waals surface area contributed by atoms with Crippen molar-refractivity contribution in [1.29, 1.82) is 0 Å². The quantitative estimate of drug-likeness (QED) is 0.533. The van der Waals surface area contributed by atoms with Gasteiger partial charge in [0.2, 0.25) is 0 Å². The van der Waals surface area contributed by atoms with E-state index in [1.54, 1.807) is 0 Å². The Morgan fingerprint density at radius 2 is 1.96 bits per heavy atom. The lowest BCUT2D eigenvalue weighted by atomic mass is 9.71. The van der Waals surface area contributed by atoms with Crippen LogP contribution in [0.1, 0.15) is 74.7 Å².